The fraction of sp³-hybridized carbons (Fsp3) is 0.636. The van der Waals surface area contributed by atoms with E-state index < -0.39 is 0 Å². The first kappa shape index (κ1) is 11.6. The molecule has 1 saturated heterocycles. The Hall–Kier alpha value is -0.870. The van der Waals surface area contributed by atoms with Gasteiger partial charge in [-0.2, -0.15) is 0 Å². The first-order chi connectivity index (χ1) is 7.74. The third-order valence-electron chi connectivity index (χ3n) is 2.86. The minimum absolute atomic E-state index is 0.338. The van der Waals surface area contributed by atoms with E-state index >= 15 is 0 Å². The fourth-order valence-electron chi connectivity index (χ4n) is 1.98. The molecule has 0 bridgehead atoms. The summed E-state index contributed by atoms with van der Waals surface area (Å²) in [6, 6.07) is 0.338. The van der Waals surface area contributed by atoms with Crippen molar-refractivity contribution in [3.05, 3.63) is 17.0 Å². The van der Waals surface area contributed by atoms with E-state index in [-0.39, 0.29) is 0 Å². The van der Waals surface area contributed by atoms with Gasteiger partial charge in [-0.15, -0.1) is 0 Å². The van der Waals surface area contributed by atoms with Crippen LogP contribution in [0.2, 0.25) is 5.15 Å². The Morgan fingerprint density at radius 1 is 1.56 bits per heavy atom. The summed E-state index contributed by atoms with van der Waals surface area (Å²) in [4.78, 5) is 10.6. The van der Waals surface area contributed by atoms with Gasteiger partial charge in [0.25, 0.3) is 0 Å². The Kier molecular flexibility index (Phi) is 3.61. The highest BCUT2D eigenvalue weighted by molar-refractivity contribution is 6.30. The zero-order valence-corrected chi connectivity index (χ0v) is 10.4. The van der Waals surface area contributed by atoms with E-state index in [0.29, 0.717) is 11.2 Å². The van der Waals surface area contributed by atoms with Crippen molar-refractivity contribution in [1.29, 1.82) is 0 Å². The molecule has 1 unspecified atom stereocenters. The summed E-state index contributed by atoms with van der Waals surface area (Å²) >= 11 is 6.09. The van der Waals surface area contributed by atoms with Crippen LogP contribution in [0.5, 0.6) is 0 Å². The van der Waals surface area contributed by atoms with Gasteiger partial charge in [-0.05, 0) is 13.3 Å². The highest BCUT2D eigenvalue weighted by Crippen LogP contribution is 2.26. The monoisotopic (exact) mass is 241 g/mol. The lowest BCUT2D eigenvalue weighted by Gasteiger charge is -2.35. The van der Waals surface area contributed by atoms with Crippen molar-refractivity contribution in [2.75, 3.05) is 24.7 Å². The lowest BCUT2D eigenvalue weighted by Crippen LogP contribution is -2.44. The smallest absolute Gasteiger partial charge is 0.137 e. The average molecular weight is 242 g/mol. The van der Waals surface area contributed by atoms with Gasteiger partial charge < -0.3 is 9.64 Å². The van der Waals surface area contributed by atoms with E-state index in [1.807, 2.05) is 0 Å². The SMILES string of the molecule is CCc1c(Cl)ncnc1N1CCOCC1C. The molecule has 0 saturated carbocycles. The summed E-state index contributed by atoms with van der Waals surface area (Å²) in [6.45, 7) is 6.55. The van der Waals surface area contributed by atoms with E-state index in [9.17, 15) is 0 Å². The maximum Gasteiger partial charge on any atom is 0.137 e. The van der Waals surface area contributed by atoms with Gasteiger partial charge in [0.2, 0.25) is 0 Å². The summed E-state index contributed by atoms with van der Waals surface area (Å²) in [5.41, 5.74) is 1.03. The van der Waals surface area contributed by atoms with Crippen LogP contribution in [0.25, 0.3) is 0 Å². The quantitative estimate of drug-likeness (QED) is 0.742. The molecule has 2 heterocycles. The molecule has 1 aliphatic rings. The number of hydrogen-bond acceptors (Lipinski definition) is 4. The molecular weight excluding hydrogens is 226 g/mol. The maximum atomic E-state index is 6.09. The van der Waals surface area contributed by atoms with Gasteiger partial charge in [0, 0.05) is 12.1 Å². The Morgan fingerprint density at radius 2 is 2.38 bits per heavy atom. The first-order valence-electron chi connectivity index (χ1n) is 5.57. The van der Waals surface area contributed by atoms with Gasteiger partial charge in [-0.3, -0.25) is 0 Å². The van der Waals surface area contributed by atoms with Crippen molar-refractivity contribution in [2.24, 2.45) is 0 Å². The van der Waals surface area contributed by atoms with E-state index in [1.54, 1.807) is 0 Å². The largest absolute Gasteiger partial charge is 0.377 e. The molecular formula is C11H16ClN3O. The molecule has 1 fully saturated rings. The molecule has 88 valence electrons. The highest BCUT2D eigenvalue weighted by atomic mass is 35.5. The zero-order chi connectivity index (χ0) is 11.5. The number of morpholine rings is 1. The summed E-state index contributed by atoms with van der Waals surface area (Å²) in [6.07, 6.45) is 2.37. The second kappa shape index (κ2) is 4.97. The lowest BCUT2D eigenvalue weighted by atomic mass is 10.2. The molecule has 0 spiro atoms. The molecule has 16 heavy (non-hydrogen) atoms. The molecule has 1 aromatic heterocycles. The molecule has 0 radical (unpaired) electrons. The van der Waals surface area contributed by atoms with Crippen molar-refractivity contribution in [1.82, 2.24) is 9.97 Å². The lowest BCUT2D eigenvalue weighted by molar-refractivity contribution is 0.0984. The summed E-state index contributed by atoms with van der Waals surface area (Å²) in [7, 11) is 0. The molecule has 2 rings (SSSR count). The minimum Gasteiger partial charge on any atom is -0.377 e. The molecule has 5 heteroatoms. The third-order valence-corrected chi connectivity index (χ3v) is 3.19. The topological polar surface area (TPSA) is 38.2 Å². The summed E-state index contributed by atoms with van der Waals surface area (Å²) in [5.74, 6) is 0.957. The molecule has 0 amide bonds. The van der Waals surface area contributed by atoms with Crippen molar-refractivity contribution in [3.63, 3.8) is 0 Å². The molecule has 4 nitrogen and oxygen atoms in total. The Labute approximate surface area is 101 Å². The molecule has 1 aliphatic heterocycles. The summed E-state index contributed by atoms with van der Waals surface area (Å²) in [5, 5.41) is 0.561. The highest BCUT2D eigenvalue weighted by Gasteiger charge is 2.23. The van der Waals surface area contributed by atoms with Crippen molar-refractivity contribution in [3.8, 4) is 0 Å². The van der Waals surface area contributed by atoms with Gasteiger partial charge in [-0.1, -0.05) is 18.5 Å². The van der Waals surface area contributed by atoms with E-state index in [2.05, 4.69) is 28.7 Å². The molecule has 1 atom stereocenters. The molecule has 0 aliphatic carbocycles. The van der Waals surface area contributed by atoms with Gasteiger partial charge in [0.15, 0.2) is 0 Å². The standard InChI is InChI=1S/C11H16ClN3O/c1-3-9-10(12)13-7-14-11(9)15-4-5-16-6-8(15)2/h7-8H,3-6H2,1-2H3. The summed E-state index contributed by atoms with van der Waals surface area (Å²) < 4.78 is 5.42. The predicted octanol–water partition coefficient (Wildman–Crippen LogP) is 1.92. The molecule has 1 aromatic rings. The van der Waals surface area contributed by atoms with Crippen LogP contribution >= 0.6 is 11.6 Å². The van der Waals surface area contributed by atoms with Gasteiger partial charge in [0.05, 0.1) is 19.3 Å². The number of nitrogens with zero attached hydrogens (tertiary/aromatic N) is 3. The van der Waals surface area contributed by atoms with Crippen LogP contribution in [0, 0.1) is 0 Å². The number of rotatable bonds is 2. The zero-order valence-electron chi connectivity index (χ0n) is 9.61. The number of halogens is 1. The van der Waals surface area contributed by atoms with E-state index in [0.717, 1.165) is 37.6 Å². The van der Waals surface area contributed by atoms with Gasteiger partial charge >= 0.3 is 0 Å². The van der Waals surface area contributed by atoms with Crippen LogP contribution in [0.1, 0.15) is 19.4 Å². The van der Waals surface area contributed by atoms with Crippen molar-refractivity contribution < 1.29 is 4.74 Å². The second-order valence-electron chi connectivity index (χ2n) is 3.94. The van der Waals surface area contributed by atoms with Crippen molar-refractivity contribution >= 4 is 17.4 Å². The van der Waals surface area contributed by atoms with Crippen LogP contribution in [0.15, 0.2) is 6.33 Å². The fourth-order valence-corrected chi connectivity index (χ4v) is 2.24. The van der Waals surface area contributed by atoms with Crippen LogP contribution < -0.4 is 4.90 Å². The Bertz CT molecular complexity index is 372. The number of aromatic nitrogens is 2. The average Bonchev–Trinajstić information content (AvgIpc) is 2.29. The Balaban J connectivity index is 2.34. The second-order valence-corrected chi connectivity index (χ2v) is 4.30. The van der Waals surface area contributed by atoms with Crippen LogP contribution in [-0.2, 0) is 11.2 Å². The van der Waals surface area contributed by atoms with Gasteiger partial charge in [-0.25, -0.2) is 9.97 Å². The number of anilines is 1. The number of ether oxygens (including phenoxy) is 1. The van der Waals surface area contributed by atoms with Crippen LogP contribution in [-0.4, -0.2) is 35.8 Å². The van der Waals surface area contributed by atoms with Gasteiger partial charge in [0.1, 0.15) is 17.3 Å². The molecule has 0 N–H and O–H groups in total. The normalized spacial score (nSPS) is 21.2. The van der Waals surface area contributed by atoms with Crippen LogP contribution in [0.3, 0.4) is 0 Å². The third kappa shape index (κ3) is 2.13. The van der Waals surface area contributed by atoms with Crippen LogP contribution in [0.4, 0.5) is 5.82 Å². The maximum absolute atomic E-state index is 6.09. The predicted molar refractivity (Wildman–Crippen MR) is 64.0 cm³/mol. The Morgan fingerprint density at radius 3 is 3.06 bits per heavy atom. The van der Waals surface area contributed by atoms with E-state index in [4.69, 9.17) is 16.3 Å². The molecule has 0 aromatic carbocycles. The van der Waals surface area contributed by atoms with Crippen molar-refractivity contribution in [2.45, 2.75) is 26.3 Å². The number of hydrogen-bond donors (Lipinski definition) is 0. The van der Waals surface area contributed by atoms with E-state index in [1.165, 1.54) is 6.33 Å². The first-order valence-corrected chi connectivity index (χ1v) is 5.95. The minimum atomic E-state index is 0.338.